The Labute approximate surface area is 133 Å². The van der Waals surface area contributed by atoms with Gasteiger partial charge in [-0.05, 0) is 36.8 Å². The zero-order valence-electron chi connectivity index (χ0n) is 12.6. The fourth-order valence-corrected chi connectivity index (χ4v) is 3.02. The Morgan fingerprint density at radius 1 is 0.957 bits per heavy atom. The van der Waals surface area contributed by atoms with E-state index >= 15 is 0 Å². The summed E-state index contributed by atoms with van der Waals surface area (Å²) in [7, 11) is -3.25. The molecule has 0 saturated heterocycles. The minimum atomic E-state index is -3.25. The molecule has 118 valence electrons. The van der Waals surface area contributed by atoms with E-state index in [2.05, 4.69) is 5.16 Å². The molecule has 0 bridgehead atoms. The zero-order chi connectivity index (χ0) is 16.6. The topological polar surface area (TPSA) is 60.2 Å². The molecule has 6 heteroatoms. The second-order valence-corrected chi connectivity index (χ2v) is 7.28. The molecule has 1 heterocycles. The van der Waals surface area contributed by atoms with Gasteiger partial charge in [0.05, 0.1) is 10.5 Å². The molecule has 0 aliphatic carbocycles. The van der Waals surface area contributed by atoms with Crippen molar-refractivity contribution < 1.29 is 17.3 Å². The van der Waals surface area contributed by atoms with Crippen molar-refractivity contribution >= 4 is 9.84 Å². The second-order valence-electron chi connectivity index (χ2n) is 5.27. The maximum Gasteiger partial charge on any atom is 0.175 e. The summed E-state index contributed by atoms with van der Waals surface area (Å²) in [6.07, 6.45) is 1.16. The van der Waals surface area contributed by atoms with E-state index in [0.717, 1.165) is 22.9 Å². The molecule has 0 fully saturated rings. The molecule has 2 aromatic carbocycles. The van der Waals surface area contributed by atoms with E-state index in [0.29, 0.717) is 11.5 Å². The van der Waals surface area contributed by atoms with Gasteiger partial charge in [0.25, 0.3) is 0 Å². The van der Waals surface area contributed by atoms with E-state index in [1.54, 1.807) is 31.2 Å². The van der Waals surface area contributed by atoms with Gasteiger partial charge in [0.15, 0.2) is 9.84 Å². The normalized spacial score (nSPS) is 11.6. The average molecular weight is 330 g/mol. The first-order valence-electron chi connectivity index (χ1n) is 6.89. The van der Waals surface area contributed by atoms with E-state index in [-0.39, 0.29) is 10.7 Å². The summed E-state index contributed by atoms with van der Waals surface area (Å²) in [5.74, 6) is 0.292. The maximum atomic E-state index is 13.1. The van der Waals surface area contributed by atoms with Crippen LogP contribution >= 0.6 is 0 Å². The van der Waals surface area contributed by atoms with Crippen molar-refractivity contribution in [3.63, 3.8) is 0 Å². The number of benzene rings is 2. The van der Waals surface area contributed by atoms with Gasteiger partial charge in [-0.15, -0.1) is 0 Å². The van der Waals surface area contributed by atoms with Crippen molar-refractivity contribution in [3.05, 3.63) is 60.1 Å². The van der Waals surface area contributed by atoms with Gasteiger partial charge in [0, 0.05) is 11.8 Å². The van der Waals surface area contributed by atoms with Crippen LogP contribution < -0.4 is 0 Å². The molecule has 0 amide bonds. The Morgan fingerprint density at radius 2 is 1.52 bits per heavy atom. The van der Waals surface area contributed by atoms with Gasteiger partial charge >= 0.3 is 0 Å². The monoisotopic (exact) mass is 330 g/mol. The van der Waals surface area contributed by atoms with Crippen molar-refractivity contribution in [2.75, 3.05) is 6.26 Å². The van der Waals surface area contributed by atoms with Crippen LogP contribution in [0.2, 0.25) is 0 Å². The molecule has 3 aromatic rings. The van der Waals surface area contributed by atoms with Gasteiger partial charge in [-0.25, -0.2) is 12.8 Å². The van der Waals surface area contributed by atoms with Crippen LogP contribution in [-0.2, 0) is 9.84 Å². The molecule has 0 spiro atoms. The lowest BCUT2D eigenvalue weighted by molar-refractivity contribution is 0.400. The Hall–Kier alpha value is -2.47. The largest absolute Gasteiger partial charge is 0.360 e. The number of aromatic nitrogens is 1. The van der Waals surface area contributed by atoms with Gasteiger partial charge in [0.1, 0.15) is 17.3 Å². The van der Waals surface area contributed by atoms with Gasteiger partial charge < -0.3 is 4.52 Å². The number of aryl methyl sites for hydroxylation is 1. The van der Waals surface area contributed by atoms with E-state index in [1.165, 1.54) is 24.3 Å². The first kappa shape index (κ1) is 15.4. The number of sulfone groups is 1. The number of rotatable bonds is 3. The SMILES string of the molecule is Cc1onc(-c2ccc(S(C)(=O)=O)cc2)c1-c1ccc([18F])cc1. The number of hydrogen-bond donors (Lipinski definition) is 0. The Kier molecular flexibility index (Phi) is 3.77. The third kappa shape index (κ3) is 3.03. The maximum absolute atomic E-state index is 13.1. The first-order valence-corrected chi connectivity index (χ1v) is 8.78. The van der Waals surface area contributed by atoms with Gasteiger partial charge in [0.2, 0.25) is 0 Å². The fourth-order valence-electron chi connectivity index (χ4n) is 2.39. The molecule has 0 aliphatic rings. The summed E-state index contributed by atoms with van der Waals surface area (Å²) in [6, 6.07) is 12.5. The van der Waals surface area contributed by atoms with Crippen molar-refractivity contribution in [2.45, 2.75) is 11.8 Å². The fraction of sp³-hybridized carbons (Fsp3) is 0.118. The van der Waals surface area contributed by atoms with E-state index in [4.69, 9.17) is 4.52 Å². The predicted octanol–water partition coefficient (Wildman–Crippen LogP) is 3.86. The van der Waals surface area contributed by atoms with Crippen LogP contribution in [0.3, 0.4) is 0 Å². The van der Waals surface area contributed by atoms with E-state index in [1.807, 2.05) is 0 Å². The number of hydrogen-bond acceptors (Lipinski definition) is 4. The molecule has 0 saturated carbocycles. The van der Waals surface area contributed by atoms with Crippen LogP contribution in [0.5, 0.6) is 0 Å². The smallest absolute Gasteiger partial charge is 0.175 e. The summed E-state index contributed by atoms with van der Waals surface area (Å²) >= 11 is 0. The highest BCUT2D eigenvalue weighted by Crippen LogP contribution is 2.34. The molecule has 0 N–H and O–H groups in total. The lowest BCUT2D eigenvalue weighted by Crippen LogP contribution is -1.96. The van der Waals surface area contributed by atoms with Crippen LogP contribution in [0.1, 0.15) is 5.76 Å². The molecule has 3 rings (SSSR count). The Morgan fingerprint density at radius 3 is 2.09 bits per heavy atom. The molecule has 4 nitrogen and oxygen atoms in total. The minimum Gasteiger partial charge on any atom is -0.360 e. The number of nitrogens with zero attached hydrogens (tertiary/aromatic N) is 1. The molecule has 0 radical (unpaired) electrons. The molecule has 0 aliphatic heterocycles. The van der Waals surface area contributed by atoms with Crippen LogP contribution in [0.15, 0.2) is 57.9 Å². The molecule has 23 heavy (non-hydrogen) atoms. The lowest BCUT2D eigenvalue weighted by Gasteiger charge is -2.04. The average Bonchev–Trinajstić information content (AvgIpc) is 2.89. The van der Waals surface area contributed by atoms with Crippen molar-refractivity contribution in [1.29, 1.82) is 0 Å². The zero-order valence-corrected chi connectivity index (χ0v) is 13.4. The van der Waals surface area contributed by atoms with Gasteiger partial charge in [-0.2, -0.15) is 0 Å². The summed E-state index contributed by atoms with van der Waals surface area (Å²) in [6.45, 7) is 1.78. The van der Waals surface area contributed by atoms with Crippen LogP contribution in [-0.4, -0.2) is 19.8 Å². The molecular weight excluding hydrogens is 316 g/mol. The molecule has 1 aromatic heterocycles. The van der Waals surface area contributed by atoms with Crippen molar-refractivity contribution in [3.8, 4) is 22.4 Å². The van der Waals surface area contributed by atoms with Crippen molar-refractivity contribution in [1.82, 2.24) is 5.16 Å². The van der Waals surface area contributed by atoms with Gasteiger partial charge in [-0.3, -0.25) is 0 Å². The van der Waals surface area contributed by atoms with Gasteiger partial charge in [-0.1, -0.05) is 29.4 Å². The predicted molar refractivity (Wildman–Crippen MR) is 85.2 cm³/mol. The van der Waals surface area contributed by atoms with Crippen LogP contribution in [0.4, 0.5) is 4.39 Å². The highest BCUT2D eigenvalue weighted by Gasteiger charge is 2.17. The standard InChI is InChI=1S/C17H14FNO3S/c1-11-16(12-3-7-14(18)8-4-12)17(19-22-11)13-5-9-15(10-6-13)23(2,20)21/h3-10H,1-2H3/i18-1. The van der Waals surface area contributed by atoms with Crippen LogP contribution in [0, 0.1) is 12.7 Å². The molecular formula is C17H14FNO3S. The summed E-state index contributed by atoms with van der Waals surface area (Å²) in [5, 5.41) is 4.06. The lowest BCUT2D eigenvalue weighted by atomic mass is 9.99. The quantitative estimate of drug-likeness (QED) is 0.731. The third-order valence-electron chi connectivity index (χ3n) is 3.55. The second kappa shape index (κ2) is 5.62. The third-order valence-corrected chi connectivity index (χ3v) is 4.68. The number of halogens is 1. The minimum absolute atomic E-state index is 0.241. The van der Waals surface area contributed by atoms with E-state index in [9.17, 15) is 12.8 Å². The summed E-state index contributed by atoms with van der Waals surface area (Å²) in [5.41, 5.74) is 2.87. The summed E-state index contributed by atoms with van der Waals surface area (Å²) in [4.78, 5) is 0.241. The van der Waals surface area contributed by atoms with Crippen LogP contribution in [0.25, 0.3) is 22.4 Å². The van der Waals surface area contributed by atoms with E-state index < -0.39 is 9.84 Å². The van der Waals surface area contributed by atoms with Crippen molar-refractivity contribution in [2.24, 2.45) is 0 Å². The highest BCUT2D eigenvalue weighted by molar-refractivity contribution is 7.90. The Balaban J connectivity index is 2.10. The highest BCUT2D eigenvalue weighted by atomic mass is 32.2. The Bertz CT molecular complexity index is 943. The summed E-state index contributed by atoms with van der Waals surface area (Å²) < 4.78 is 41.5. The molecule has 0 atom stereocenters. The first-order chi connectivity index (χ1) is 10.9. The molecule has 0 unspecified atom stereocenters.